The summed E-state index contributed by atoms with van der Waals surface area (Å²) in [7, 11) is 1.94. The van der Waals surface area contributed by atoms with Crippen LogP contribution in [0.3, 0.4) is 0 Å². The average Bonchev–Trinajstić information content (AvgIpc) is 2.42. The molecule has 0 radical (unpaired) electrons. The van der Waals surface area contributed by atoms with Gasteiger partial charge in [-0.15, -0.1) is 0 Å². The van der Waals surface area contributed by atoms with E-state index in [1.165, 1.54) is 0 Å². The molecule has 0 spiro atoms. The number of hydrogen-bond donors (Lipinski definition) is 2. The number of aromatic hydroxyl groups is 1. The predicted molar refractivity (Wildman–Crippen MR) is 64.6 cm³/mol. The summed E-state index contributed by atoms with van der Waals surface area (Å²) in [4.78, 5) is 0. The van der Waals surface area contributed by atoms with Crippen LogP contribution in [0.1, 0.15) is 19.4 Å². The maximum Gasteiger partial charge on any atom is 0.125 e. The van der Waals surface area contributed by atoms with Crippen LogP contribution in [0.15, 0.2) is 24.4 Å². The minimum atomic E-state index is -0.767. The topological polar surface area (TPSA) is 45.4 Å². The van der Waals surface area contributed by atoms with Gasteiger partial charge in [0.05, 0.1) is 11.1 Å². The summed E-state index contributed by atoms with van der Waals surface area (Å²) >= 11 is 0. The lowest BCUT2D eigenvalue weighted by Gasteiger charge is -2.16. The Morgan fingerprint density at radius 1 is 1.31 bits per heavy atom. The van der Waals surface area contributed by atoms with Crippen LogP contribution in [0.25, 0.3) is 10.9 Å². The zero-order chi connectivity index (χ0) is 11.9. The SMILES string of the molecule is Cn1cc(CC(C)(C)O)c2c(O)cccc21. The minimum Gasteiger partial charge on any atom is -0.507 e. The molecule has 0 bridgehead atoms. The molecule has 1 aromatic carbocycles. The molecule has 2 N–H and O–H groups in total. The molecule has 0 atom stereocenters. The third kappa shape index (κ3) is 1.91. The first-order valence-electron chi connectivity index (χ1n) is 5.37. The second kappa shape index (κ2) is 3.52. The molecule has 0 amide bonds. The van der Waals surface area contributed by atoms with Gasteiger partial charge in [-0.05, 0) is 31.5 Å². The Hall–Kier alpha value is -1.48. The highest BCUT2D eigenvalue weighted by Crippen LogP contribution is 2.31. The molecule has 0 aliphatic heterocycles. The van der Waals surface area contributed by atoms with Crippen molar-refractivity contribution in [2.45, 2.75) is 25.9 Å². The summed E-state index contributed by atoms with van der Waals surface area (Å²) in [6.07, 6.45) is 2.49. The third-order valence-corrected chi connectivity index (χ3v) is 2.69. The lowest BCUT2D eigenvalue weighted by atomic mass is 9.98. The van der Waals surface area contributed by atoms with Gasteiger partial charge in [0, 0.05) is 25.1 Å². The highest BCUT2D eigenvalue weighted by atomic mass is 16.3. The zero-order valence-corrected chi connectivity index (χ0v) is 9.86. The summed E-state index contributed by atoms with van der Waals surface area (Å²) < 4.78 is 1.97. The molecule has 0 unspecified atom stereocenters. The maximum atomic E-state index is 9.87. The van der Waals surface area contributed by atoms with Crippen molar-refractivity contribution in [1.29, 1.82) is 0 Å². The average molecular weight is 219 g/mol. The fourth-order valence-electron chi connectivity index (χ4n) is 2.12. The van der Waals surface area contributed by atoms with Gasteiger partial charge in [0.2, 0.25) is 0 Å². The molecule has 2 aromatic rings. The standard InChI is InChI=1S/C13H17NO2/c1-13(2,16)7-9-8-14(3)10-5-4-6-11(15)12(9)10/h4-6,8,15-16H,7H2,1-3H3. The van der Waals surface area contributed by atoms with Gasteiger partial charge in [0.1, 0.15) is 5.75 Å². The highest BCUT2D eigenvalue weighted by Gasteiger charge is 2.18. The van der Waals surface area contributed by atoms with Gasteiger partial charge >= 0.3 is 0 Å². The van der Waals surface area contributed by atoms with Crippen molar-refractivity contribution < 1.29 is 10.2 Å². The molecule has 86 valence electrons. The van der Waals surface area contributed by atoms with E-state index in [-0.39, 0.29) is 5.75 Å². The van der Waals surface area contributed by atoms with Gasteiger partial charge in [-0.25, -0.2) is 0 Å². The number of phenols is 1. The molecule has 16 heavy (non-hydrogen) atoms. The van der Waals surface area contributed by atoms with Crippen molar-refractivity contribution in [1.82, 2.24) is 4.57 Å². The Bertz CT molecular complexity index is 520. The lowest BCUT2D eigenvalue weighted by molar-refractivity contribution is 0.0813. The van der Waals surface area contributed by atoms with E-state index in [1.807, 2.05) is 29.9 Å². The maximum absolute atomic E-state index is 9.87. The van der Waals surface area contributed by atoms with E-state index < -0.39 is 5.60 Å². The number of fused-ring (bicyclic) bond motifs is 1. The Morgan fingerprint density at radius 3 is 2.62 bits per heavy atom. The van der Waals surface area contributed by atoms with Crippen LogP contribution in [0.4, 0.5) is 0 Å². The monoisotopic (exact) mass is 219 g/mol. The van der Waals surface area contributed by atoms with Crippen LogP contribution in [-0.4, -0.2) is 20.4 Å². The van der Waals surface area contributed by atoms with Crippen molar-refractivity contribution in [3.8, 4) is 5.75 Å². The number of phenolic OH excluding ortho intramolecular Hbond substituents is 1. The summed E-state index contributed by atoms with van der Waals surface area (Å²) in [6.45, 7) is 3.54. The Morgan fingerprint density at radius 2 is 2.00 bits per heavy atom. The molecular formula is C13H17NO2. The van der Waals surface area contributed by atoms with Gasteiger partial charge in [-0.1, -0.05) is 6.07 Å². The second-order valence-electron chi connectivity index (χ2n) is 4.93. The van der Waals surface area contributed by atoms with E-state index in [1.54, 1.807) is 19.9 Å². The van der Waals surface area contributed by atoms with Gasteiger partial charge < -0.3 is 14.8 Å². The molecule has 0 aliphatic rings. The van der Waals surface area contributed by atoms with Gasteiger partial charge in [-0.2, -0.15) is 0 Å². The highest BCUT2D eigenvalue weighted by molar-refractivity contribution is 5.89. The smallest absolute Gasteiger partial charge is 0.125 e. The van der Waals surface area contributed by atoms with Crippen LogP contribution in [0, 0.1) is 0 Å². The summed E-state index contributed by atoms with van der Waals surface area (Å²) in [5.41, 5.74) is 1.19. The number of aryl methyl sites for hydroxylation is 1. The van der Waals surface area contributed by atoms with E-state index in [4.69, 9.17) is 0 Å². The van der Waals surface area contributed by atoms with Crippen LogP contribution in [0.2, 0.25) is 0 Å². The van der Waals surface area contributed by atoms with Crippen molar-refractivity contribution >= 4 is 10.9 Å². The van der Waals surface area contributed by atoms with Gasteiger partial charge in [-0.3, -0.25) is 0 Å². The van der Waals surface area contributed by atoms with Crippen LogP contribution in [0.5, 0.6) is 5.75 Å². The van der Waals surface area contributed by atoms with Crippen LogP contribution >= 0.6 is 0 Å². The predicted octanol–water partition coefficient (Wildman–Crippen LogP) is 2.20. The largest absolute Gasteiger partial charge is 0.507 e. The molecule has 0 aliphatic carbocycles. The molecule has 0 saturated carbocycles. The summed E-state index contributed by atoms with van der Waals surface area (Å²) in [5, 5.41) is 20.5. The van der Waals surface area contributed by atoms with Crippen molar-refractivity contribution in [2.75, 3.05) is 0 Å². The van der Waals surface area contributed by atoms with Gasteiger partial charge in [0.15, 0.2) is 0 Å². The van der Waals surface area contributed by atoms with Gasteiger partial charge in [0.25, 0.3) is 0 Å². The summed E-state index contributed by atoms with van der Waals surface area (Å²) in [5.74, 6) is 0.275. The third-order valence-electron chi connectivity index (χ3n) is 2.69. The normalized spacial score (nSPS) is 12.2. The molecule has 0 fully saturated rings. The number of nitrogens with zero attached hydrogens (tertiary/aromatic N) is 1. The number of hydrogen-bond acceptors (Lipinski definition) is 2. The van der Waals surface area contributed by atoms with E-state index in [2.05, 4.69) is 0 Å². The molecule has 1 heterocycles. The quantitative estimate of drug-likeness (QED) is 0.813. The van der Waals surface area contributed by atoms with Crippen molar-refractivity contribution in [3.63, 3.8) is 0 Å². The molecule has 3 heteroatoms. The molecule has 3 nitrogen and oxygen atoms in total. The minimum absolute atomic E-state index is 0.275. The van der Waals surface area contributed by atoms with Crippen LogP contribution < -0.4 is 0 Å². The number of aliphatic hydroxyl groups is 1. The fourth-order valence-corrected chi connectivity index (χ4v) is 2.12. The van der Waals surface area contributed by atoms with Crippen molar-refractivity contribution in [2.24, 2.45) is 7.05 Å². The van der Waals surface area contributed by atoms with E-state index in [0.717, 1.165) is 16.5 Å². The first kappa shape index (κ1) is 11.0. The van der Waals surface area contributed by atoms with E-state index in [9.17, 15) is 10.2 Å². The second-order valence-corrected chi connectivity index (χ2v) is 4.93. The number of benzene rings is 1. The van der Waals surface area contributed by atoms with E-state index >= 15 is 0 Å². The first-order chi connectivity index (χ1) is 7.38. The summed E-state index contributed by atoms with van der Waals surface area (Å²) in [6, 6.07) is 5.46. The van der Waals surface area contributed by atoms with Crippen molar-refractivity contribution in [3.05, 3.63) is 30.0 Å². The molecule has 2 rings (SSSR count). The Balaban J connectivity index is 2.62. The molecule has 1 aromatic heterocycles. The first-order valence-corrected chi connectivity index (χ1v) is 5.37. The lowest BCUT2D eigenvalue weighted by Crippen LogP contribution is -2.21. The van der Waals surface area contributed by atoms with Crippen LogP contribution in [-0.2, 0) is 13.5 Å². The number of aromatic nitrogens is 1. The Labute approximate surface area is 94.9 Å². The molecule has 0 saturated heterocycles. The molecular weight excluding hydrogens is 202 g/mol. The number of rotatable bonds is 2. The fraction of sp³-hybridized carbons (Fsp3) is 0.385. The Kier molecular flexibility index (Phi) is 2.43. The zero-order valence-electron chi connectivity index (χ0n) is 9.86. The van der Waals surface area contributed by atoms with E-state index in [0.29, 0.717) is 6.42 Å².